The molecule has 3 aliphatic rings. The summed E-state index contributed by atoms with van der Waals surface area (Å²) in [5.74, 6) is 0.920. The Kier molecular flexibility index (Phi) is 1.97. The number of hydrogen-bond donors (Lipinski definition) is 1. The van der Waals surface area contributed by atoms with E-state index in [1.165, 1.54) is 24.1 Å². The average molecular weight is 221 g/mol. The van der Waals surface area contributed by atoms with Crippen LogP contribution >= 0.6 is 12.6 Å². The highest BCUT2D eigenvalue weighted by atomic mass is 32.1. The number of hydrogen-bond acceptors (Lipinski definition) is 4. The Labute approximate surface area is 94.7 Å². The SMILES string of the molecule is CN1C=C2N=C3CCCCC3=C([S])N2N1. The van der Waals surface area contributed by atoms with Gasteiger partial charge in [-0.2, -0.15) is 0 Å². The van der Waals surface area contributed by atoms with Crippen molar-refractivity contribution >= 4 is 18.3 Å². The van der Waals surface area contributed by atoms with Gasteiger partial charge in [-0.15, -0.1) is 5.53 Å². The molecule has 3 rings (SSSR count). The van der Waals surface area contributed by atoms with E-state index in [4.69, 9.17) is 12.6 Å². The second-order valence-corrected chi connectivity index (χ2v) is 4.47. The molecule has 1 saturated carbocycles. The van der Waals surface area contributed by atoms with E-state index in [0.29, 0.717) is 0 Å². The van der Waals surface area contributed by atoms with E-state index in [2.05, 4.69) is 10.5 Å². The first-order valence-corrected chi connectivity index (χ1v) is 5.66. The summed E-state index contributed by atoms with van der Waals surface area (Å²) < 4.78 is 0. The zero-order valence-corrected chi connectivity index (χ0v) is 9.47. The molecule has 1 radical (unpaired) electrons. The Morgan fingerprint density at radius 2 is 2.20 bits per heavy atom. The lowest BCUT2D eigenvalue weighted by Gasteiger charge is -2.29. The van der Waals surface area contributed by atoms with Gasteiger partial charge in [-0.1, -0.05) is 12.6 Å². The van der Waals surface area contributed by atoms with Crippen molar-refractivity contribution < 1.29 is 0 Å². The number of nitrogens with zero attached hydrogens (tertiary/aromatic N) is 3. The standard InChI is InChI=1S/C10H13N4S/c1-13-6-9-11-8-5-3-2-4-7(8)10(15)14(9)12-13/h6,12H,2-5H2,1H3. The summed E-state index contributed by atoms with van der Waals surface area (Å²) in [7, 11) is 1.95. The summed E-state index contributed by atoms with van der Waals surface area (Å²) in [6, 6.07) is 0. The molecule has 15 heavy (non-hydrogen) atoms. The minimum Gasteiger partial charge on any atom is -0.297 e. The van der Waals surface area contributed by atoms with Crippen LogP contribution in [0.2, 0.25) is 0 Å². The second kappa shape index (κ2) is 3.21. The largest absolute Gasteiger partial charge is 0.297 e. The Morgan fingerprint density at radius 1 is 1.40 bits per heavy atom. The van der Waals surface area contributed by atoms with Gasteiger partial charge in [0.15, 0.2) is 5.82 Å². The van der Waals surface area contributed by atoms with Crippen LogP contribution in [0.5, 0.6) is 0 Å². The fourth-order valence-electron chi connectivity index (χ4n) is 2.21. The molecule has 4 nitrogen and oxygen atoms in total. The molecule has 0 saturated heterocycles. The van der Waals surface area contributed by atoms with Gasteiger partial charge in [0.2, 0.25) is 0 Å². The van der Waals surface area contributed by atoms with Gasteiger partial charge in [0.1, 0.15) is 5.03 Å². The molecular weight excluding hydrogens is 208 g/mol. The highest BCUT2D eigenvalue weighted by molar-refractivity contribution is 7.84. The van der Waals surface area contributed by atoms with E-state index >= 15 is 0 Å². The molecule has 2 aliphatic heterocycles. The molecule has 0 aromatic heterocycles. The van der Waals surface area contributed by atoms with E-state index in [1.807, 2.05) is 23.3 Å². The predicted octanol–water partition coefficient (Wildman–Crippen LogP) is 1.89. The topological polar surface area (TPSA) is 30.9 Å². The van der Waals surface area contributed by atoms with Gasteiger partial charge in [-0.25, -0.2) is 10.0 Å². The monoisotopic (exact) mass is 221 g/mol. The Balaban J connectivity index is 2.04. The quantitative estimate of drug-likeness (QED) is 0.677. The maximum Gasteiger partial charge on any atom is 0.167 e. The van der Waals surface area contributed by atoms with Crippen LogP contribution in [0.3, 0.4) is 0 Å². The molecule has 0 aromatic rings. The van der Waals surface area contributed by atoms with Gasteiger partial charge in [-0.3, -0.25) is 5.01 Å². The van der Waals surface area contributed by atoms with Gasteiger partial charge >= 0.3 is 0 Å². The van der Waals surface area contributed by atoms with Crippen molar-refractivity contribution in [2.75, 3.05) is 7.05 Å². The molecule has 0 unspecified atom stereocenters. The third-order valence-electron chi connectivity index (χ3n) is 2.95. The zero-order valence-electron chi connectivity index (χ0n) is 8.66. The molecule has 2 heterocycles. The Morgan fingerprint density at radius 3 is 3.07 bits per heavy atom. The predicted molar refractivity (Wildman–Crippen MR) is 61.3 cm³/mol. The molecular formula is C10H13N4S. The van der Waals surface area contributed by atoms with Crippen LogP contribution in [0.25, 0.3) is 0 Å². The van der Waals surface area contributed by atoms with Crippen molar-refractivity contribution in [2.45, 2.75) is 25.7 Å². The summed E-state index contributed by atoms with van der Waals surface area (Å²) in [5, 5.41) is 4.67. The van der Waals surface area contributed by atoms with Crippen LogP contribution in [0.1, 0.15) is 25.7 Å². The molecule has 0 atom stereocenters. The highest BCUT2D eigenvalue weighted by Gasteiger charge is 2.30. The van der Waals surface area contributed by atoms with E-state index in [-0.39, 0.29) is 0 Å². The van der Waals surface area contributed by atoms with Crippen molar-refractivity contribution in [3.8, 4) is 0 Å². The first-order valence-electron chi connectivity index (χ1n) is 5.25. The molecule has 0 spiro atoms. The van der Waals surface area contributed by atoms with Crippen LogP contribution in [-0.2, 0) is 0 Å². The number of aliphatic imine (C=N–C) groups is 1. The lowest BCUT2D eigenvalue weighted by molar-refractivity contribution is 0.197. The highest BCUT2D eigenvalue weighted by Crippen LogP contribution is 2.34. The third kappa shape index (κ3) is 1.34. The molecule has 1 fully saturated rings. The second-order valence-electron chi connectivity index (χ2n) is 4.08. The molecule has 0 amide bonds. The molecule has 1 aliphatic carbocycles. The third-order valence-corrected chi connectivity index (χ3v) is 3.37. The molecule has 0 bridgehead atoms. The molecule has 79 valence electrons. The van der Waals surface area contributed by atoms with Crippen molar-refractivity contribution in [1.82, 2.24) is 15.6 Å². The number of hydrazine groups is 2. The number of fused-ring (bicyclic) bond motifs is 2. The number of nitrogens with one attached hydrogen (secondary N) is 1. The molecule has 1 N–H and O–H groups in total. The van der Waals surface area contributed by atoms with Crippen LogP contribution in [0.4, 0.5) is 0 Å². The average Bonchev–Trinajstić information content (AvgIpc) is 2.59. The van der Waals surface area contributed by atoms with E-state index < -0.39 is 0 Å². The normalized spacial score (nSPS) is 24.9. The summed E-state index contributed by atoms with van der Waals surface area (Å²) in [4.78, 5) is 4.64. The van der Waals surface area contributed by atoms with E-state index in [1.54, 1.807) is 0 Å². The van der Waals surface area contributed by atoms with Gasteiger partial charge < -0.3 is 0 Å². The van der Waals surface area contributed by atoms with Crippen LogP contribution in [0.15, 0.2) is 27.6 Å². The Bertz CT molecular complexity index is 396. The molecule has 5 heteroatoms. The first kappa shape index (κ1) is 9.18. The van der Waals surface area contributed by atoms with Crippen molar-refractivity contribution in [1.29, 1.82) is 0 Å². The van der Waals surface area contributed by atoms with Crippen LogP contribution < -0.4 is 5.53 Å². The fourth-order valence-corrected chi connectivity index (χ4v) is 2.57. The van der Waals surface area contributed by atoms with Gasteiger partial charge in [0.25, 0.3) is 0 Å². The van der Waals surface area contributed by atoms with Crippen molar-refractivity contribution in [3.63, 3.8) is 0 Å². The van der Waals surface area contributed by atoms with Crippen molar-refractivity contribution in [2.24, 2.45) is 4.99 Å². The maximum atomic E-state index is 5.47. The number of allylic oxidation sites excluding steroid dienone is 1. The fraction of sp³-hybridized carbons (Fsp3) is 0.500. The van der Waals surface area contributed by atoms with Gasteiger partial charge in [0, 0.05) is 18.3 Å². The summed E-state index contributed by atoms with van der Waals surface area (Å²) in [6.45, 7) is 0. The molecule has 0 aromatic carbocycles. The first-order chi connectivity index (χ1) is 7.25. The zero-order chi connectivity index (χ0) is 10.4. The smallest absolute Gasteiger partial charge is 0.167 e. The van der Waals surface area contributed by atoms with Gasteiger partial charge in [-0.05, 0) is 25.7 Å². The lowest BCUT2D eigenvalue weighted by atomic mass is 9.92. The summed E-state index contributed by atoms with van der Waals surface area (Å²) in [5.41, 5.74) is 5.60. The summed E-state index contributed by atoms with van der Waals surface area (Å²) >= 11 is 5.47. The lowest BCUT2D eigenvalue weighted by Crippen LogP contribution is -2.39. The minimum absolute atomic E-state index is 0.898. The van der Waals surface area contributed by atoms with Crippen LogP contribution in [0, 0.1) is 0 Å². The van der Waals surface area contributed by atoms with Gasteiger partial charge in [0.05, 0.1) is 6.20 Å². The van der Waals surface area contributed by atoms with Crippen LogP contribution in [-0.4, -0.2) is 22.8 Å². The minimum atomic E-state index is 0.898. The Hall–Kier alpha value is -1.07. The number of rotatable bonds is 0. The van der Waals surface area contributed by atoms with E-state index in [0.717, 1.165) is 23.7 Å². The maximum absolute atomic E-state index is 5.47. The summed E-state index contributed by atoms with van der Waals surface area (Å²) in [6.07, 6.45) is 6.58. The van der Waals surface area contributed by atoms with Crippen molar-refractivity contribution in [3.05, 3.63) is 22.6 Å². The van der Waals surface area contributed by atoms with E-state index in [9.17, 15) is 0 Å².